The molecule has 0 aromatic heterocycles. The maximum atomic E-state index is 14.6. The Kier molecular flexibility index (Phi) is 23.7. The van der Waals surface area contributed by atoms with E-state index < -0.39 is 139 Å². The van der Waals surface area contributed by atoms with Crippen molar-refractivity contribution in [3.8, 4) is 0 Å². The molecule has 2 aliphatic heterocycles. The molecular weight excluding hydrogens is 975 g/mol. The first kappa shape index (κ1) is 57.8. The largest absolute Gasteiger partial charge is 0.370 e. The highest BCUT2D eigenvalue weighted by Crippen LogP contribution is 2.26. The van der Waals surface area contributed by atoms with Crippen molar-refractivity contribution in [3.05, 3.63) is 71.8 Å². The summed E-state index contributed by atoms with van der Waals surface area (Å²) >= 11 is 0. The van der Waals surface area contributed by atoms with Gasteiger partial charge in [0, 0.05) is 37.3 Å². The average Bonchev–Trinajstić information content (AvgIpc) is 3.84. The molecular formula is C46H65N13O11S2. The molecule has 2 aromatic rings. The van der Waals surface area contributed by atoms with Gasteiger partial charge in [0.15, 0.2) is 0 Å². The number of likely N-dealkylation sites (tertiary alicyclic amines) is 1. The Morgan fingerprint density at radius 3 is 1.78 bits per heavy atom. The average molecular weight is 1040 g/mol. The van der Waals surface area contributed by atoms with Gasteiger partial charge in [0.05, 0.1) is 19.0 Å². The maximum Gasteiger partial charge on any atom is 0.246 e. The van der Waals surface area contributed by atoms with E-state index in [-0.39, 0.29) is 43.7 Å². The molecule has 8 atom stereocenters. The molecule has 392 valence electrons. The molecule has 0 radical (unpaired) electrons. The van der Waals surface area contributed by atoms with Crippen molar-refractivity contribution in [3.63, 3.8) is 0 Å². The molecule has 0 saturated carbocycles. The van der Waals surface area contributed by atoms with Crippen LogP contribution in [0.15, 0.2) is 60.7 Å². The molecule has 2 aromatic carbocycles. The number of nitrogens with one attached hydrogen (secondary N) is 7. The van der Waals surface area contributed by atoms with Crippen LogP contribution in [0.1, 0.15) is 62.5 Å². The minimum absolute atomic E-state index is 0.0198. The van der Waals surface area contributed by atoms with E-state index in [9.17, 15) is 52.7 Å². The zero-order chi connectivity index (χ0) is 52.7. The van der Waals surface area contributed by atoms with Crippen LogP contribution in [0.4, 0.5) is 0 Å². The molecule has 2 heterocycles. The number of carbonyl (C=O) groups excluding carboxylic acids is 11. The van der Waals surface area contributed by atoms with Crippen LogP contribution in [0, 0.1) is 0 Å². The van der Waals surface area contributed by atoms with Gasteiger partial charge in [0.25, 0.3) is 0 Å². The second kappa shape index (κ2) is 29.5. The Morgan fingerprint density at radius 1 is 0.667 bits per heavy atom. The van der Waals surface area contributed by atoms with Crippen LogP contribution in [0.5, 0.6) is 0 Å². The third kappa shape index (κ3) is 19.1. The summed E-state index contributed by atoms with van der Waals surface area (Å²) in [6.07, 6.45) is -0.141. The molecule has 3 unspecified atom stereocenters. The Morgan fingerprint density at radius 2 is 1.21 bits per heavy atom. The van der Waals surface area contributed by atoms with Crippen LogP contribution < -0.4 is 65.9 Å². The van der Waals surface area contributed by atoms with Crippen molar-refractivity contribution >= 4 is 86.6 Å². The van der Waals surface area contributed by atoms with Crippen LogP contribution in [0.2, 0.25) is 0 Å². The Hall–Kier alpha value is -6.77. The fourth-order valence-corrected chi connectivity index (χ4v) is 10.0. The van der Waals surface area contributed by atoms with Crippen molar-refractivity contribution in [2.45, 2.75) is 113 Å². The topological polar surface area (TPSA) is 405 Å². The SMILES string of the molecule is NCCCC[C@H](NC(=O)[C@@H]1CCCN1C(=O)C1CSSC[C@H](N)C(=O)NC(Cc2ccccc2)C(=O)N[C@@H](Cc2ccccc2)C(=O)NC(CCC(N)=O)C(=O)N[C@@H](CC(N)=O)C(=O)N1)C(=O)NCC(N)=O. The predicted octanol–water partition coefficient (Wildman–Crippen LogP) is -4.03. The lowest BCUT2D eigenvalue weighted by Crippen LogP contribution is -2.61. The zero-order valence-corrected chi connectivity index (χ0v) is 41.3. The number of hydrogen-bond acceptors (Lipinski definition) is 15. The Bertz CT molecular complexity index is 2250. The third-order valence-corrected chi connectivity index (χ3v) is 14.0. The van der Waals surface area contributed by atoms with E-state index in [1.54, 1.807) is 60.7 Å². The van der Waals surface area contributed by atoms with Gasteiger partial charge in [-0.25, -0.2) is 0 Å². The highest BCUT2D eigenvalue weighted by molar-refractivity contribution is 8.76. The van der Waals surface area contributed by atoms with Crippen molar-refractivity contribution in [2.24, 2.45) is 28.7 Å². The standard InChI is InChI=1S/C46H65N13O11S2/c47-18-8-7-14-29(40(64)52-23-38(51)62)54-45(69)35-15-9-19-59(35)46(70)34-25-72-71-24-28(48)39(63)55-31(20-26-10-3-1-4-11-26)43(67)56-32(21-27-12-5-2-6-13-27)42(66)53-30(16-17-36(49)60)41(65)57-33(22-37(50)61)44(68)58-34/h1-6,10-13,28-35H,7-9,14-25,47-48H2,(H2,49,60)(H2,50,61)(H2,51,62)(H,52,64)(H,53,66)(H,54,69)(H,55,63)(H,56,67)(H,57,65)(H,58,68)/t28-,29-,30?,31?,32-,33-,34?,35-/m0/s1. The van der Waals surface area contributed by atoms with Gasteiger partial charge in [0.2, 0.25) is 65.0 Å². The van der Waals surface area contributed by atoms with E-state index in [2.05, 4.69) is 37.2 Å². The molecule has 2 fully saturated rings. The smallest absolute Gasteiger partial charge is 0.246 e. The molecule has 0 aliphatic carbocycles. The molecule has 26 heteroatoms. The van der Waals surface area contributed by atoms with Gasteiger partial charge in [-0.1, -0.05) is 82.3 Å². The van der Waals surface area contributed by atoms with Gasteiger partial charge in [0.1, 0.15) is 42.3 Å². The molecule has 0 spiro atoms. The minimum Gasteiger partial charge on any atom is -0.370 e. The van der Waals surface area contributed by atoms with Crippen LogP contribution in [0.3, 0.4) is 0 Å². The van der Waals surface area contributed by atoms with Crippen molar-refractivity contribution in [1.82, 2.24) is 42.1 Å². The lowest BCUT2D eigenvalue weighted by molar-refractivity contribution is -0.142. The van der Waals surface area contributed by atoms with Crippen LogP contribution in [-0.2, 0) is 65.6 Å². The minimum atomic E-state index is -1.76. The fraction of sp³-hybridized carbons (Fsp3) is 0.500. The van der Waals surface area contributed by atoms with E-state index in [0.29, 0.717) is 36.9 Å². The zero-order valence-electron chi connectivity index (χ0n) is 39.6. The first-order valence-corrected chi connectivity index (χ1v) is 25.9. The van der Waals surface area contributed by atoms with Crippen LogP contribution in [-0.4, -0.2) is 149 Å². The molecule has 17 N–H and O–H groups in total. The molecule has 2 saturated heterocycles. The van der Waals surface area contributed by atoms with Gasteiger partial charge in [-0.2, -0.15) is 0 Å². The normalized spacial score (nSPS) is 23.2. The quantitative estimate of drug-likeness (QED) is 0.0471. The lowest BCUT2D eigenvalue weighted by atomic mass is 10.0. The van der Waals surface area contributed by atoms with Gasteiger partial charge in [-0.15, -0.1) is 0 Å². The third-order valence-electron chi connectivity index (χ3n) is 11.6. The summed E-state index contributed by atoms with van der Waals surface area (Å²) in [5, 5.41) is 18.0. The van der Waals surface area contributed by atoms with E-state index >= 15 is 0 Å². The number of amides is 11. The summed E-state index contributed by atoms with van der Waals surface area (Å²) in [5.74, 6) is -9.66. The van der Waals surface area contributed by atoms with E-state index in [1.165, 1.54) is 4.90 Å². The van der Waals surface area contributed by atoms with Crippen LogP contribution >= 0.6 is 21.6 Å². The molecule has 0 bridgehead atoms. The number of rotatable bonds is 19. The number of nitrogens with two attached hydrogens (primary N) is 5. The molecule has 2 aliphatic rings. The first-order chi connectivity index (χ1) is 34.4. The van der Waals surface area contributed by atoms with Crippen molar-refractivity contribution < 1.29 is 52.7 Å². The molecule has 4 rings (SSSR count). The number of nitrogens with zero attached hydrogens (tertiary/aromatic N) is 1. The highest BCUT2D eigenvalue weighted by Gasteiger charge is 2.40. The summed E-state index contributed by atoms with van der Waals surface area (Å²) in [7, 11) is 2.07. The Balaban J connectivity index is 1.70. The second-order valence-corrected chi connectivity index (χ2v) is 19.8. The summed E-state index contributed by atoms with van der Waals surface area (Å²) in [5.41, 5.74) is 29.4. The van der Waals surface area contributed by atoms with Gasteiger partial charge in [-0.05, 0) is 56.2 Å². The molecule has 72 heavy (non-hydrogen) atoms. The van der Waals surface area contributed by atoms with E-state index in [1.807, 2.05) is 0 Å². The van der Waals surface area contributed by atoms with Gasteiger partial charge in [-0.3, -0.25) is 52.7 Å². The van der Waals surface area contributed by atoms with Gasteiger partial charge < -0.3 is 70.8 Å². The van der Waals surface area contributed by atoms with Gasteiger partial charge >= 0.3 is 0 Å². The predicted molar refractivity (Wildman–Crippen MR) is 267 cm³/mol. The number of carbonyl (C=O) groups is 11. The second-order valence-electron chi connectivity index (χ2n) is 17.3. The maximum absolute atomic E-state index is 14.6. The summed E-state index contributed by atoms with van der Waals surface area (Å²) in [4.78, 5) is 149. The first-order valence-electron chi connectivity index (χ1n) is 23.4. The van der Waals surface area contributed by atoms with E-state index in [4.69, 9.17) is 28.7 Å². The number of hydrogen-bond donors (Lipinski definition) is 12. The fourth-order valence-electron chi connectivity index (χ4n) is 7.77. The lowest BCUT2D eigenvalue weighted by Gasteiger charge is -2.31. The summed E-state index contributed by atoms with van der Waals surface area (Å²) in [6, 6.07) is 6.36. The van der Waals surface area contributed by atoms with Crippen molar-refractivity contribution in [1.29, 1.82) is 0 Å². The van der Waals surface area contributed by atoms with Crippen LogP contribution in [0.25, 0.3) is 0 Å². The molecule has 24 nitrogen and oxygen atoms in total. The summed E-state index contributed by atoms with van der Waals surface area (Å²) < 4.78 is 0. The molecule has 11 amide bonds. The number of benzene rings is 2. The summed E-state index contributed by atoms with van der Waals surface area (Å²) in [6.45, 7) is -0.121. The van der Waals surface area contributed by atoms with Crippen molar-refractivity contribution in [2.75, 3.05) is 31.1 Å². The monoisotopic (exact) mass is 1040 g/mol. The Labute approximate surface area is 424 Å². The highest BCUT2D eigenvalue weighted by atomic mass is 33.1. The van der Waals surface area contributed by atoms with E-state index in [0.717, 1.165) is 21.6 Å². The number of unbranched alkanes of at least 4 members (excludes halogenated alkanes) is 1. The number of primary amides is 3.